The van der Waals surface area contributed by atoms with Crippen molar-refractivity contribution in [2.45, 2.75) is 26.3 Å². The molecule has 0 aliphatic carbocycles. The number of aryl methyl sites for hydroxylation is 2. The van der Waals surface area contributed by atoms with Crippen molar-refractivity contribution in [2.75, 3.05) is 18.5 Å². The summed E-state index contributed by atoms with van der Waals surface area (Å²) in [6.07, 6.45) is 0. The Balaban J connectivity index is 1.56. The first-order valence-electron chi connectivity index (χ1n) is 9.43. The summed E-state index contributed by atoms with van der Waals surface area (Å²) in [6, 6.07) is 13.6. The lowest BCUT2D eigenvalue weighted by Gasteiger charge is -2.21. The molecule has 30 heavy (non-hydrogen) atoms. The average Bonchev–Trinajstić information content (AvgIpc) is 2.93. The number of hydrogen-bond acceptors (Lipinski definition) is 5. The highest BCUT2D eigenvalue weighted by atomic mass is 16.5. The van der Waals surface area contributed by atoms with Gasteiger partial charge in [0.2, 0.25) is 0 Å². The number of ether oxygens (including phenoxy) is 1. The molecule has 0 radical (unpaired) electrons. The lowest BCUT2D eigenvalue weighted by molar-refractivity contribution is -0.150. The summed E-state index contributed by atoms with van der Waals surface area (Å²) in [7, 11) is 0. The van der Waals surface area contributed by atoms with E-state index in [9.17, 15) is 19.2 Å². The summed E-state index contributed by atoms with van der Waals surface area (Å²) < 4.78 is 4.95. The molecule has 2 N–H and O–H groups in total. The molecule has 0 bridgehead atoms. The zero-order valence-corrected chi connectivity index (χ0v) is 17.0. The number of urea groups is 1. The van der Waals surface area contributed by atoms with E-state index in [0.29, 0.717) is 11.3 Å². The van der Waals surface area contributed by atoms with E-state index in [0.717, 1.165) is 16.0 Å². The molecule has 1 aliphatic rings. The van der Waals surface area contributed by atoms with Gasteiger partial charge in [0.15, 0.2) is 6.61 Å². The highest BCUT2D eigenvalue weighted by molar-refractivity contribution is 6.09. The van der Waals surface area contributed by atoms with E-state index in [1.165, 1.54) is 0 Å². The standard InChI is InChI=1S/C22H23N3O5/c1-14-9-10-17(15(2)11-14)23-18(26)13-30-19(27)12-25-20(28)22(3,24-21(25)29)16-7-5-4-6-8-16/h4-11H,12-13H2,1-3H3,(H,23,26)(H,24,29)/t22-/m0/s1. The molecule has 1 saturated heterocycles. The van der Waals surface area contributed by atoms with E-state index in [1.807, 2.05) is 26.0 Å². The van der Waals surface area contributed by atoms with Gasteiger partial charge in [-0.1, -0.05) is 48.0 Å². The van der Waals surface area contributed by atoms with Crippen LogP contribution < -0.4 is 10.6 Å². The van der Waals surface area contributed by atoms with Crippen LogP contribution in [-0.4, -0.2) is 41.9 Å². The molecule has 3 rings (SSSR count). The van der Waals surface area contributed by atoms with Crippen molar-refractivity contribution in [1.29, 1.82) is 0 Å². The molecule has 0 saturated carbocycles. The third-order valence-electron chi connectivity index (χ3n) is 4.93. The number of amides is 4. The predicted molar refractivity (Wildman–Crippen MR) is 110 cm³/mol. The normalized spacial score (nSPS) is 18.2. The number of hydrogen-bond donors (Lipinski definition) is 2. The quantitative estimate of drug-likeness (QED) is 0.562. The highest BCUT2D eigenvalue weighted by Gasteiger charge is 2.49. The molecule has 1 fully saturated rings. The van der Waals surface area contributed by atoms with E-state index in [-0.39, 0.29) is 0 Å². The molecule has 1 aliphatic heterocycles. The van der Waals surface area contributed by atoms with Gasteiger partial charge in [0.05, 0.1) is 0 Å². The fraction of sp³-hybridized carbons (Fsp3) is 0.273. The first kappa shape index (κ1) is 21.0. The first-order chi connectivity index (χ1) is 14.2. The lowest BCUT2D eigenvalue weighted by Crippen LogP contribution is -2.41. The maximum Gasteiger partial charge on any atom is 0.326 e. The summed E-state index contributed by atoms with van der Waals surface area (Å²) in [5, 5.41) is 5.27. The Morgan fingerprint density at radius 1 is 1.10 bits per heavy atom. The van der Waals surface area contributed by atoms with Crippen molar-refractivity contribution in [1.82, 2.24) is 10.2 Å². The number of nitrogens with one attached hydrogen (secondary N) is 2. The summed E-state index contributed by atoms with van der Waals surface area (Å²) >= 11 is 0. The monoisotopic (exact) mass is 409 g/mol. The van der Waals surface area contributed by atoms with Gasteiger partial charge in [0.1, 0.15) is 12.1 Å². The molecule has 0 aromatic heterocycles. The Kier molecular flexibility index (Phi) is 5.86. The number of benzene rings is 2. The van der Waals surface area contributed by atoms with E-state index in [4.69, 9.17) is 4.74 Å². The SMILES string of the molecule is Cc1ccc(NC(=O)COC(=O)CN2C(=O)N[C@@](C)(c3ccccc3)C2=O)c(C)c1. The van der Waals surface area contributed by atoms with Gasteiger partial charge < -0.3 is 15.4 Å². The zero-order valence-electron chi connectivity index (χ0n) is 17.0. The molecule has 8 nitrogen and oxygen atoms in total. The second-order valence-electron chi connectivity index (χ2n) is 7.34. The molecule has 1 heterocycles. The van der Waals surface area contributed by atoms with Gasteiger partial charge in [-0.05, 0) is 38.0 Å². The fourth-order valence-electron chi connectivity index (χ4n) is 3.27. The van der Waals surface area contributed by atoms with Crippen molar-refractivity contribution in [2.24, 2.45) is 0 Å². The van der Waals surface area contributed by atoms with E-state index in [1.54, 1.807) is 43.3 Å². The highest BCUT2D eigenvalue weighted by Crippen LogP contribution is 2.28. The predicted octanol–water partition coefficient (Wildman–Crippen LogP) is 2.25. The molecule has 0 spiro atoms. The van der Waals surface area contributed by atoms with Crippen LogP contribution in [-0.2, 0) is 24.7 Å². The Bertz CT molecular complexity index is 1010. The van der Waals surface area contributed by atoms with Crippen LogP contribution >= 0.6 is 0 Å². The molecular formula is C22H23N3O5. The Morgan fingerprint density at radius 3 is 2.47 bits per heavy atom. The summed E-state index contributed by atoms with van der Waals surface area (Å²) in [4.78, 5) is 50.0. The Morgan fingerprint density at radius 2 is 1.80 bits per heavy atom. The first-order valence-corrected chi connectivity index (χ1v) is 9.43. The minimum atomic E-state index is -1.26. The number of carbonyl (C=O) groups is 4. The van der Waals surface area contributed by atoms with Crippen LogP contribution in [0.2, 0.25) is 0 Å². The summed E-state index contributed by atoms with van der Waals surface area (Å²) in [5.74, 6) is -1.93. The van der Waals surface area contributed by atoms with Gasteiger partial charge in [-0.15, -0.1) is 0 Å². The third kappa shape index (κ3) is 4.32. The van der Waals surface area contributed by atoms with Gasteiger partial charge in [0, 0.05) is 5.69 Å². The van der Waals surface area contributed by atoms with E-state index < -0.39 is 42.5 Å². The maximum absolute atomic E-state index is 12.8. The number of nitrogens with zero attached hydrogens (tertiary/aromatic N) is 1. The third-order valence-corrected chi connectivity index (χ3v) is 4.93. The van der Waals surface area contributed by atoms with Gasteiger partial charge in [-0.3, -0.25) is 19.3 Å². The van der Waals surface area contributed by atoms with Gasteiger partial charge >= 0.3 is 12.0 Å². The van der Waals surface area contributed by atoms with Crippen molar-refractivity contribution in [3.8, 4) is 0 Å². The second-order valence-corrected chi connectivity index (χ2v) is 7.34. The molecule has 0 unspecified atom stereocenters. The number of carbonyl (C=O) groups excluding carboxylic acids is 4. The molecular weight excluding hydrogens is 386 g/mol. The second kappa shape index (κ2) is 8.36. The largest absolute Gasteiger partial charge is 0.454 e. The van der Waals surface area contributed by atoms with Gasteiger partial charge in [-0.2, -0.15) is 0 Å². The van der Waals surface area contributed by atoms with Crippen molar-refractivity contribution >= 4 is 29.5 Å². The maximum atomic E-state index is 12.8. The van der Waals surface area contributed by atoms with Crippen LogP contribution in [0.15, 0.2) is 48.5 Å². The van der Waals surface area contributed by atoms with Gasteiger partial charge in [-0.25, -0.2) is 4.79 Å². The Labute approximate surface area is 174 Å². The minimum absolute atomic E-state index is 0.512. The number of anilines is 1. The fourth-order valence-corrected chi connectivity index (χ4v) is 3.27. The van der Waals surface area contributed by atoms with Crippen molar-refractivity contribution in [3.05, 3.63) is 65.2 Å². The van der Waals surface area contributed by atoms with Crippen molar-refractivity contribution < 1.29 is 23.9 Å². The number of rotatable bonds is 6. The zero-order chi connectivity index (χ0) is 21.9. The molecule has 8 heteroatoms. The molecule has 4 amide bonds. The molecule has 2 aromatic carbocycles. The average molecular weight is 409 g/mol. The molecule has 1 atom stereocenters. The molecule has 156 valence electrons. The lowest BCUT2D eigenvalue weighted by atomic mass is 9.92. The van der Waals surface area contributed by atoms with E-state index >= 15 is 0 Å². The van der Waals surface area contributed by atoms with Gasteiger partial charge in [0.25, 0.3) is 11.8 Å². The van der Waals surface area contributed by atoms with Crippen LogP contribution in [0.3, 0.4) is 0 Å². The van der Waals surface area contributed by atoms with Crippen LogP contribution in [0, 0.1) is 13.8 Å². The van der Waals surface area contributed by atoms with E-state index in [2.05, 4.69) is 10.6 Å². The van der Waals surface area contributed by atoms with Crippen LogP contribution in [0.5, 0.6) is 0 Å². The topological polar surface area (TPSA) is 105 Å². The smallest absolute Gasteiger partial charge is 0.326 e. The summed E-state index contributed by atoms with van der Waals surface area (Å²) in [5.41, 5.74) is 1.91. The number of imide groups is 1. The van der Waals surface area contributed by atoms with Crippen LogP contribution in [0.1, 0.15) is 23.6 Å². The number of esters is 1. The van der Waals surface area contributed by atoms with Crippen LogP contribution in [0.25, 0.3) is 0 Å². The summed E-state index contributed by atoms with van der Waals surface area (Å²) in [6.45, 7) is 4.27. The van der Waals surface area contributed by atoms with Crippen LogP contribution in [0.4, 0.5) is 10.5 Å². The Hall–Kier alpha value is -3.68. The minimum Gasteiger partial charge on any atom is -0.454 e. The van der Waals surface area contributed by atoms with Crippen molar-refractivity contribution in [3.63, 3.8) is 0 Å². The molecule has 2 aromatic rings.